The van der Waals surface area contributed by atoms with Gasteiger partial charge in [-0.05, 0) is 31.4 Å². The highest BCUT2D eigenvalue weighted by atomic mass is 35.5. The van der Waals surface area contributed by atoms with Crippen LogP contribution in [-0.2, 0) is 12.8 Å². The minimum atomic E-state index is 0.480. The summed E-state index contributed by atoms with van der Waals surface area (Å²) >= 11 is 11.6. The van der Waals surface area contributed by atoms with Gasteiger partial charge in [0.1, 0.15) is 10.5 Å². The third kappa shape index (κ3) is 2.51. The molecule has 0 radical (unpaired) electrons. The summed E-state index contributed by atoms with van der Waals surface area (Å²) in [5, 5.41) is 0.480. The average Bonchev–Trinajstić information content (AvgIpc) is 2.95. The van der Waals surface area contributed by atoms with Crippen LogP contribution in [0.4, 0.5) is 0 Å². The molecule has 0 saturated carbocycles. The van der Waals surface area contributed by atoms with Crippen LogP contribution in [0.3, 0.4) is 0 Å². The average molecular weight is 323 g/mol. The number of aryl methyl sites for hydroxylation is 1. The van der Waals surface area contributed by atoms with E-state index in [4.69, 9.17) is 33.3 Å². The highest BCUT2D eigenvalue weighted by Gasteiger charge is 2.17. The van der Waals surface area contributed by atoms with Crippen molar-refractivity contribution in [2.24, 2.45) is 0 Å². The number of aromatic nitrogens is 2. The van der Waals surface area contributed by atoms with Crippen LogP contribution >= 0.6 is 23.8 Å². The zero-order valence-electron chi connectivity index (χ0n) is 11.8. The Morgan fingerprint density at radius 3 is 2.76 bits per heavy atom. The van der Waals surface area contributed by atoms with E-state index in [2.05, 4.69) is 9.97 Å². The summed E-state index contributed by atoms with van der Waals surface area (Å²) in [7, 11) is 3.14. The Hall–Kier alpha value is -1.59. The fourth-order valence-electron chi connectivity index (χ4n) is 2.65. The zero-order valence-corrected chi connectivity index (χ0v) is 13.4. The van der Waals surface area contributed by atoms with Crippen molar-refractivity contribution in [1.82, 2.24) is 9.97 Å². The van der Waals surface area contributed by atoms with E-state index in [0.29, 0.717) is 27.0 Å². The van der Waals surface area contributed by atoms with Crippen LogP contribution in [0.15, 0.2) is 12.1 Å². The van der Waals surface area contributed by atoms with Crippen molar-refractivity contribution in [3.63, 3.8) is 0 Å². The molecule has 0 aliphatic heterocycles. The van der Waals surface area contributed by atoms with Gasteiger partial charge in [-0.3, -0.25) is 0 Å². The number of H-pyrrole nitrogens is 1. The number of nitrogens with one attached hydrogen (secondary N) is 1. The SMILES string of the molecule is COc1cc(-c2nc(=S)c3c([nH]2)CCC3)cc(Cl)c1OC. The largest absolute Gasteiger partial charge is 0.493 e. The number of hydrogen-bond donors (Lipinski definition) is 1. The summed E-state index contributed by atoms with van der Waals surface area (Å²) in [6.45, 7) is 0. The van der Waals surface area contributed by atoms with E-state index in [9.17, 15) is 0 Å². The molecule has 1 aromatic carbocycles. The lowest BCUT2D eigenvalue weighted by atomic mass is 10.1. The van der Waals surface area contributed by atoms with Crippen LogP contribution in [0.5, 0.6) is 11.5 Å². The van der Waals surface area contributed by atoms with E-state index in [-0.39, 0.29) is 0 Å². The van der Waals surface area contributed by atoms with Crippen molar-refractivity contribution in [2.45, 2.75) is 19.3 Å². The van der Waals surface area contributed by atoms with Gasteiger partial charge in [0, 0.05) is 16.8 Å². The molecule has 0 saturated heterocycles. The van der Waals surface area contributed by atoms with Crippen LogP contribution in [0, 0.1) is 4.64 Å². The Balaban J connectivity index is 2.15. The van der Waals surface area contributed by atoms with Crippen LogP contribution in [0.1, 0.15) is 17.7 Å². The van der Waals surface area contributed by atoms with Crippen molar-refractivity contribution >= 4 is 23.8 Å². The summed E-state index contributed by atoms with van der Waals surface area (Å²) in [5.74, 6) is 1.80. The van der Waals surface area contributed by atoms with E-state index in [0.717, 1.165) is 24.8 Å². The monoisotopic (exact) mass is 322 g/mol. The molecule has 4 nitrogen and oxygen atoms in total. The smallest absolute Gasteiger partial charge is 0.179 e. The Bertz CT molecular complexity index is 758. The molecule has 6 heteroatoms. The van der Waals surface area contributed by atoms with Crippen LogP contribution in [-0.4, -0.2) is 24.2 Å². The van der Waals surface area contributed by atoms with Crippen molar-refractivity contribution in [1.29, 1.82) is 0 Å². The van der Waals surface area contributed by atoms with Gasteiger partial charge in [-0.15, -0.1) is 0 Å². The minimum Gasteiger partial charge on any atom is -0.493 e. The molecule has 0 unspecified atom stereocenters. The molecule has 2 aromatic rings. The maximum absolute atomic E-state index is 6.25. The first-order chi connectivity index (χ1) is 10.1. The molecule has 1 aromatic heterocycles. The number of methoxy groups -OCH3 is 2. The Morgan fingerprint density at radius 1 is 1.24 bits per heavy atom. The van der Waals surface area contributed by atoms with E-state index < -0.39 is 0 Å². The zero-order chi connectivity index (χ0) is 15.0. The second-order valence-corrected chi connectivity index (χ2v) is 5.69. The quantitative estimate of drug-likeness (QED) is 0.869. The first-order valence-electron chi connectivity index (χ1n) is 6.68. The molecule has 3 rings (SSSR count). The van der Waals surface area contributed by atoms with Gasteiger partial charge in [0.15, 0.2) is 11.5 Å². The van der Waals surface area contributed by atoms with Gasteiger partial charge in [-0.1, -0.05) is 23.8 Å². The number of rotatable bonds is 3. The van der Waals surface area contributed by atoms with Crippen LogP contribution < -0.4 is 9.47 Å². The number of aromatic amines is 1. The maximum atomic E-state index is 6.25. The molecule has 1 aliphatic rings. The molecule has 1 aliphatic carbocycles. The molecule has 0 fully saturated rings. The predicted molar refractivity (Wildman–Crippen MR) is 85.0 cm³/mol. The molecule has 110 valence electrons. The predicted octanol–water partition coefficient (Wildman–Crippen LogP) is 3.97. The molecule has 1 N–H and O–H groups in total. The summed E-state index contributed by atoms with van der Waals surface area (Å²) in [5.41, 5.74) is 3.18. The van der Waals surface area contributed by atoms with Gasteiger partial charge < -0.3 is 14.5 Å². The number of hydrogen-bond acceptors (Lipinski definition) is 4. The van der Waals surface area contributed by atoms with E-state index >= 15 is 0 Å². The summed E-state index contributed by atoms with van der Waals surface area (Å²) in [4.78, 5) is 7.86. The second kappa shape index (κ2) is 5.66. The van der Waals surface area contributed by atoms with Gasteiger partial charge in [-0.25, -0.2) is 4.98 Å². The van der Waals surface area contributed by atoms with E-state index in [1.54, 1.807) is 20.3 Å². The highest BCUT2D eigenvalue weighted by Crippen LogP contribution is 2.38. The topological polar surface area (TPSA) is 47.1 Å². The molecule has 0 atom stereocenters. The van der Waals surface area contributed by atoms with Crippen molar-refractivity contribution in [3.8, 4) is 22.9 Å². The van der Waals surface area contributed by atoms with E-state index in [1.165, 1.54) is 11.3 Å². The summed E-state index contributed by atoms with van der Waals surface area (Å²) in [6.07, 6.45) is 3.13. The van der Waals surface area contributed by atoms with Gasteiger partial charge in [0.05, 0.1) is 19.2 Å². The van der Waals surface area contributed by atoms with Gasteiger partial charge in [0.25, 0.3) is 0 Å². The standard InChI is InChI=1S/C15H15ClN2O2S/c1-19-12-7-8(6-10(16)13(12)20-2)14-17-11-5-3-4-9(11)15(21)18-14/h6-7H,3-5H2,1-2H3,(H,17,18,21). The fourth-order valence-corrected chi connectivity index (χ4v) is 3.25. The fraction of sp³-hybridized carbons (Fsp3) is 0.333. The first-order valence-corrected chi connectivity index (χ1v) is 7.46. The number of ether oxygens (including phenoxy) is 2. The molecule has 0 amide bonds. The Morgan fingerprint density at radius 2 is 2.05 bits per heavy atom. The Kier molecular flexibility index (Phi) is 3.87. The molecular formula is C15H15ClN2O2S. The number of benzene rings is 1. The number of nitrogens with zero attached hydrogens (tertiary/aromatic N) is 1. The molecular weight excluding hydrogens is 308 g/mol. The maximum Gasteiger partial charge on any atom is 0.179 e. The second-order valence-electron chi connectivity index (χ2n) is 4.89. The molecule has 1 heterocycles. The van der Waals surface area contributed by atoms with Crippen molar-refractivity contribution < 1.29 is 9.47 Å². The lowest BCUT2D eigenvalue weighted by Crippen LogP contribution is -1.98. The summed E-state index contributed by atoms with van der Waals surface area (Å²) in [6, 6.07) is 3.65. The normalized spacial score (nSPS) is 13.1. The van der Waals surface area contributed by atoms with Gasteiger partial charge >= 0.3 is 0 Å². The summed E-state index contributed by atoms with van der Waals surface area (Å²) < 4.78 is 11.2. The number of fused-ring (bicyclic) bond motifs is 1. The van der Waals surface area contributed by atoms with Crippen molar-refractivity contribution in [2.75, 3.05) is 14.2 Å². The highest BCUT2D eigenvalue weighted by molar-refractivity contribution is 7.71. The van der Waals surface area contributed by atoms with Crippen molar-refractivity contribution in [3.05, 3.63) is 33.1 Å². The molecule has 0 bridgehead atoms. The molecule has 0 spiro atoms. The van der Waals surface area contributed by atoms with Crippen LogP contribution in [0.2, 0.25) is 5.02 Å². The lowest BCUT2D eigenvalue weighted by Gasteiger charge is -2.12. The third-order valence-electron chi connectivity index (χ3n) is 3.67. The van der Waals surface area contributed by atoms with E-state index in [1.807, 2.05) is 6.07 Å². The Labute approximate surface area is 133 Å². The number of halogens is 1. The molecule has 21 heavy (non-hydrogen) atoms. The minimum absolute atomic E-state index is 0.480. The third-order valence-corrected chi connectivity index (χ3v) is 4.28. The van der Waals surface area contributed by atoms with Crippen LogP contribution in [0.25, 0.3) is 11.4 Å². The first kappa shape index (κ1) is 14.4. The lowest BCUT2D eigenvalue weighted by molar-refractivity contribution is 0.355. The van der Waals surface area contributed by atoms with Gasteiger partial charge in [-0.2, -0.15) is 0 Å². The van der Waals surface area contributed by atoms with Gasteiger partial charge in [0.2, 0.25) is 0 Å².